The van der Waals surface area contributed by atoms with Crippen LogP contribution < -0.4 is 0 Å². The molecule has 0 spiro atoms. The Morgan fingerprint density at radius 1 is 1.11 bits per heavy atom. The number of aromatic nitrogens is 1. The van der Waals surface area contributed by atoms with Crippen molar-refractivity contribution in [3.05, 3.63) is 82.2 Å². The summed E-state index contributed by atoms with van der Waals surface area (Å²) in [5.74, 6) is 0.752. The number of aromatic amines is 1. The second kappa shape index (κ2) is 7.53. The minimum Gasteiger partial charge on any atom is -0.410 e. The topological polar surface area (TPSA) is 28.3 Å². The fourth-order valence-electron chi connectivity index (χ4n) is 3.30. The number of hydrogen-bond acceptors (Lipinski definition) is 2. The molecule has 2 aromatic carbocycles. The predicted octanol–water partition coefficient (Wildman–Crippen LogP) is 5.76. The van der Waals surface area contributed by atoms with Gasteiger partial charge in [-0.25, -0.2) is 0 Å². The molecule has 0 saturated heterocycles. The third-order valence-electron chi connectivity index (χ3n) is 4.79. The molecule has 3 nitrogen and oxygen atoms in total. The van der Waals surface area contributed by atoms with Crippen LogP contribution in [0.1, 0.15) is 16.7 Å². The van der Waals surface area contributed by atoms with Gasteiger partial charge in [0.15, 0.2) is 0 Å². The molecule has 1 aromatic heterocycles. The van der Waals surface area contributed by atoms with Crippen LogP contribution in [-0.2, 0) is 23.9 Å². The van der Waals surface area contributed by atoms with Gasteiger partial charge in [-0.1, -0.05) is 23.7 Å². The molecule has 7 heteroatoms. The predicted molar refractivity (Wildman–Crippen MR) is 103 cm³/mol. The van der Waals surface area contributed by atoms with E-state index in [0.29, 0.717) is 24.5 Å². The van der Waals surface area contributed by atoms with E-state index in [0.717, 1.165) is 46.3 Å². The van der Waals surface area contributed by atoms with Crippen LogP contribution in [0.15, 0.2) is 60.5 Å². The van der Waals surface area contributed by atoms with E-state index in [2.05, 4.69) is 4.98 Å². The smallest absolute Gasteiger partial charge is 0.410 e. The molecule has 1 aliphatic rings. The van der Waals surface area contributed by atoms with Crippen molar-refractivity contribution in [3.63, 3.8) is 0 Å². The van der Waals surface area contributed by atoms with Gasteiger partial charge in [-0.2, -0.15) is 13.2 Å². The largest absolute Gasteiger partial charge is 0.416 e. The number of nitrogens with one attached hydrogen (secondary N) is 1. The van der Waals surface area contributed by atoms with Gasteiger partial charge in [0.2, 0.25) is 0 Å². The minimum atomic E-state index is -4.31. The lowest BCUT2D eigenvalue weighted by molar-refractivity contribution is -0.137. The minimum absolute atomic E-state index is 0.470. The van der Waals surface area contributed by atoms with Gasteiger partial charge in [0, 0.05) is 35.1 Å². The zero-order valence-corrected chi connectivity index (χ0v) is 15.6. The SMILES string of the molecule is FC(F)(F)c1ccc(CC2=CCN(CCc3c[nH]c4ccc(Cl)cc34)O2)cc1. The van der Waals surface area contributed by atoms with Gasteiger partial charge in [-0.15, -0.1) is 5.06 Å². The Labute approximate surface area is 165 Å². The molecule has 0 aliphatic carbocycles. The van der Waals surface area contributed by atoms with Crippen LogP contribution in [0.3, 0.4) is 0 Å². The lowest BCUT2D eigenvalue weighted by Gasteiger charge is -2.16. The number of nitrogens with zero attached hydrogens (tertiary/aromatic N) is 1. The number of rotatable bonds is 5. The molecule has 0 bridgehead atoms. The first-order valence-electron chi connectivity index (χ1n) is 8.92. The van der Waals surface area contributed by atoms with Gasteiger partial charge < -0.3 is 9.82 Å². The lowest BCUT2D eigenvalue weighted by atomic mass is 10.1. The Hall–Kier alpha value is -2.44. The first-order valence-corrected chi connectivity index (χ1v) is 9.30. The van der Waals surface area contributed by atoms with Crippen LogP contribution in [-0.4, -0.2) is 23.1 Å². The van der Waals surface area contributed by atoms with Crippen molar-refractivity contribution in [2.24, 2.45) is 0 Å². The van der Waals surface area contributed by atoms with Crippen molar-refractivity contribution in [2.45, 2.75) is 19.0 Å². The number of H-pyrrole nitrogens is 1. The summed E-state index contributed by atoms with van der Waals surface area (Å²) in [7, 11) is 0. The highest BCUT2D eigenvalue weighted by atomic mass is 35.5. The molecule has 0 saturated carbocycles. The van der Waals surface area contributed by atoms with E-state index in [-0.39, 0.29) is 0 Å². The maximum Gasteiger partial charge on any atom is 0.416 e. The van der Waals surface area contributed by atoms with Crippen molar-refractivity contribution in [2.75, 3.05) is 13.1 Å². The second-order valence-corrected chi connectivity index (χ2v) is 7.21. The normalized spacial score (nSPS) is 15.1. The number of hydrogen-bond donors (Lipinski definition) is 1. The summed E-state index contributed by atoms with van der Waals surface area (Å²) in [5, 5.41) is 3.65. The monoisotopic (exact) mass is 406 g/mol. The van der Waals surface area contributed by atoms with E-state index in [4.69, 9.17) is 16.4 Å². The number of alkyl halides is 3. The van der Waals surface area contributed by atoms with Gasteiger partial charge in [0.1, 0.15) is 5.76 Å². The molecular formula is C21H18ClF3N2O. The summed E-state index contributed by atoms with van der Waals surface area (Å²) < 4.78 is 37.9. The highest BCUT2D eigenvalue weighted by Gasteiger charge is 2.30. The third kappa shape index (κ3) is 4.18. The Kier molecular flexibility index (Phi) is 5.08. The molecule has 1 N–H and O–H groups in total. The molecule has 0 unspecified atom stereocenters. The Morgan fingerprint density at radius 3 is 2.64 bits per heavy atom. The van der Waals surface area contributed by atoms with Crippen molar-refractivity contribution in [1.82, 2.24) is 10.0 Å². The zero-order chi connectivity index (χ0) is 19.7. The number of allylic oxidation sites excluding steroid dienone is 1. The fraction of sp³-hybridized carbons (Fsp3) is 0.238. The summed E-state index contributed by atoms with van der Waals surface area (Å²) in [5.41, 5.74) is 2.35. The fourth-order valence-corrected chi connectivity index (χ4v) is 3.47. The molecule has 3 aromatic rings. The van der Waals surface area contributed by atoms with Crippen LogP contribution in [0, 0.1) is 0 Å². The average Bonchev–Trinajstić information content (AvgIpc) is 3.26. The molecular weight excluding hydrogens is 389 g/mol. The molecule has 0 fully saturated rings. The Morgan fingerprint density at radius 2 is 1.89 bits per heavy atom. The van der Waals surface area contributed by atoms with Crippen LogP contribution in [0.5, 0.6) is 0 Å². The first kappa shape index (κ1) is 18.9. The van der Waals surface area contributed by atoms with E-state index in [1.165, 1.54) is 12.1 Å². The lowest BCUT2D eigenvalue weighted by Crippen LogP contribution is -2.22. The van der Waals surface area contributed by atoms with E-state index in [1.807, 2.05) is 35.5 Å². The van der Waals surface area contributed by atoms with Crippen LogP contribution in [0.4, 0.5) is 13.2 Å². The van der Waals surface area contributed by atoms with Crippen LogP contribution in [0.25, 0.3) is 10.9 Å². The van der Waals surface area contributed by atoms with Crippen LogP contribution in [0.2, 0.25) is 5.02 Å². The van der Waals surface area contributed by atoms with E-state index in [9.17, 15) is 13.2 Å². The number of halogens is 4. The highest BCUT2D eigenvalue weighted by molar-refractivity contribution is 6.31. The van der Waals surface area contributed by atoms with Gasteiger partial charge in [0.25, 0.3) is 0 Å². The molecule has 146 valence electrons. The Balaban J connectivity index is 1.32. The first-order chi connectivity index (χ1) is 13.4. The van der Waals surface area contributed by atoms with Crippen LogP contribution >= 0.6 is 11.6 Å². The number of fused-ring (bicyclic) bond motifs is 1. The molecule has 1 aliphatic heterocycles. The van der Waals surface area contributed by atoms with E-state index < -0.39 is 11.7 Å². The summed E-state index contributed by atoms with van der Waals surface area (Å²) in [6.07, 6.45) is 0.890. The zero-order valence-electron chi connectivity index (χ0n) is 14.9. The van der Waals surface area contributed by atoms with Crippen molar-refractivity contribution >= 4 is 22.5 Å². The van der Waals surface area contributed by atoms with Gasteiger partial charge in [-0.05, 0) is 54.0 Å². The number of hydroxylamine groups is 2. The second-order valence-electron chi connectivity index (χ2n) is 6.77. The summed E-state index contributed by atoms with van der Waals surface area (Å²) in [4.78, 5) is 9.07. The van der Waals surface area contributed by atoms with Gasteiger partial charge >= 0.3 is 6.18 Å². The molecule has 4 rings (SSSR count). The average molecular weight is 407 g/mol. The maximum atomic E-state index is 12.6. The quantitative estimate of drug-likeness (QED) is 0.583. The number of benzene rings is 2. The van der Waals surface area contributed by atoms with Gasteiger partial charge in [0.05, 0.1) is 12.1 Å². The summed E-state index contributed by atoms with van der Waals surface area (Å²) >= 11 is 6.09. The highest BCUT2D eigenvalue weighted by Crippen LogP contribution is 2.30. The van der Waals surface area contributed by atoms with Crippen molar-refractivity contribution < 1.29 is 18.0 Å². The molecule has 0 radical (unpaired) electrons. The van der Waals surface area contributed by atoms with Crippen molar-refractivity contribution in [1.29, 1.82) is 0 Å². The van der Waals surface area contributed by atoms with Crippen molar-refractivity contribution in [3.8, 4) is 0 Å². The molecule has 0 atom stereocenters. The maximum absolute atomic E-state index is 12.6. The van der Waals surface area contributed by atoms with Gasteiger partial charge in [-0.3, -0.25) is 0 Å². The Bertz CT molecular complexity index is 1010. The third-order valence-corrected chi connectivity index (χ3v) is 5.02. The van der Waals surface area contributed by atoms with E-state index in [1.54, 1.807) is 0 Å². The summed E-state index contributed by atoms with van der Waals surface area (Å²) in [6, 6.07) is 10.9. The molecule has 28 heavy (non-hydrogen) atoms. The molecule has 0 amide bonds. The molecule has 2 heterocycles. The standard InChI is InChI=1S/C21H18ClF3N2O/c22-17-5-6-20-19(12-17)15(13-26-20)7-9-27-10-8-18(28-27)11-14-1-3-16(4-2-14)21(23,24)25/h1-6,8,12-13,26H,7,9-11H2. The van der Waals surface area contributed by atoms with E-state index >= 15 is 0 Å². The summed E-state index contributed by atoms with van der Waals surface area (Å²) in [6.45, 7) is 1.35.